The highest BCUT2D eigenvalue weighted by atomic mass is 16.5. The van der Waals surface area contributed by atoms with Gasteiger partial charge in [-0.05, 0) is 35.4 Å². The van der Waals surface area contributed by atoms with Gasteiger partial charge >= 0.3 is 0 Å². The second kappa shape index (κ2) is 12.0. The summed E-state index contributed by atoms with van der Waals surface area (Å²) in [7, 11) is 1.64. The number of nitrogens with one attached hydrogen (secondary N) is 1. The zero-order valence-electron chi connectivity index (χ0n) is 19.3. The largest absolute Gasteiger partial charge is 0.493 e. The van der Waals surface area contributed by atoms with E-state index in [9.17, 15) is 5.11 Å². The van der Waals surface area contributed by atoms with E-state index in [1.807, 2.05) is 18.2 Å². The molecule has 0 spiro atoms. The average Bonchev–Trinajstić information content (AvgIpc) is 2.86. The minimum atomic E-state index is -0.569. The first-order chi connectivity index (χ1) is 16.2. The van der Waals surface area contributed by atoms with Crippen molar-refractivity contribution in [1.29, 1.82) is 0 Å². The molecular weight excluding hydrogens is 416 g/mol. The van der Waals surface area contributed by atoms with Crippen LogP contribution in [0.2, 0.25) is 0 Å². The molecule has 1 aliphatic heterocycles. The highest BCUT2D eigenvalue weighted by Gasteiger charge is 2.17. The fourth-order valence-electron chi connectivity index (χ4n) is 4.30. The van der Waals surface area contributed by atoms with Gasteiger partial charge in [-0.15, -0.1) is 0 Å². The molecule has 6 heteroatoms. The molecule has 0 radical (unpaired) electrons. The molecule has 6 nitrogen and oxygen atoms in total. The summed E-state index contributed by atoms with van der Waals surface area (Å²) in [6.45, 7) is 5.44. The lowest BCUT2D eigenvalue weighted by Crippen LogP contribution is -2.42. The monoisotopic (exact) mass is 450 g/mol. The van der Waals surface area contributed by atoms with E-state index in [2.05, 4.69) is 52.7 Å². The molecule has 1 aliphatic rings. The number of para-hydroxylation sites is 1. The fourth-order valence-corrected chi connectivity index (χ4v) is 4.30. The molecule has 1 fully saturated rings. The van der Waals surface area contributed by atoms with Gasteiger partial charge in [0.05, 0.1) is 20.3 Å². The van der Waals surface area contributed by atoms with Crippen LogP contribution >= 0.6 is 0 Å². The number of β-amino-alcohol motifs (C(OH)–C–C–N with tert-alkyl or cyclic N) is 1. The standard InChI is InChI=1S/C27H34N2O4/c1-31-26-11-5-9-23(27(26)33-20-24(30)19-29-14-16-32-17-15-29)18-28-13-12-22-8-4-7-21-6-2-3-10-25(21)22/h2-11,24,28,30H,12-20H2,1H3/t24-/m0/s1. The van der Waals surface area contributed by atoms with Crippen LogP contribution < -0.4 is 14.8 Å². The second-order valence-electron chi connectivity index (χ2n) is 8.39. The van der Waals surface area contributed by atoms with Gasteiger partial charge in [0.25, 0.3) is 0 Å². The van der Waals surface area contributed by atoms with Gasteiger partial charge in [0, 0.05) is 31.7 Å². The van der Waals surface area contributed by atoms with Crippen molar-refractivity contribution in [3.05, 3.63) is 71.8 Å². The molecule has 2 N–H and O–H groups in total. The van der Waals surface area contributed by atoms with E-state index in [0.717, 1.165) is 31.6 Å². The third-order valence-electron chi connectivity index (χ3n) is 6.04. The fraction of sp³-hybridized carbons (Fsp3) is 0.407. The van der Waals surface area contributed by atoms with Gasteiger partial charge in [0.2, 0.25) is 0 Å². The maximum absolute atomic E-state index is 10.5. The number of morpholine rings is 1. The van der Waals surface area contributed by atoms with E-state index >= 15 is 0 Å². The Bertz CT molecular complexity index is 1010. The van der Waals surface area contributed by atoms with Crippen LogP contribution in [0.15, 0.2) is 60.7 Å². The molecule has 0 saturated carbocycles. The number of benzene rings is 3. The molecule has 1 heterocycles. The van der Waals surface area contributed by atoms with Crippen LogP contribution in [-0.2, 0) is 17.7 Å². The molecule has 0 aliphatic carbocycles. The number of aliphatic hydroxyl groups excluding tert-OH is 1. The van der Waals surface area contributed by atoms with Crippen molar-refractivity contribution < 1.29 is 19.3 Å². The molecule has 0 bridgehead atoms. The number of hydrogen-bond donors (Lipinski definition) is 2. The minimum absolute atomic E-state index is 0.223. The van der Waals surface area contributed by atoms with Gasteiger partial charge in [-0.25, -0.2) is 0 Å². The molecule has 3 aromatic rings. The molecule has 1 saturated heterocycles. The van der Waals surface area contributed by atoms with Crippen molar-refractivity contribution in [2.45, 2.75) is 19.1 Å². The van der Waals surface area contributed by atoms with E-state index in [1.54, 1.807) is 7.11 Å². The van der Waals surface area contributed by atoms with Gasteiger partial charge in [-0.1, -0.05) is 54.6 Å². The van der Waals surface area contributed by atoms with Crippen molar-refractivity contribution in [2.75, 3.05) is 53.1 Å². The summed E-state index contributed by atoms with van der Waals surface area (Å²) < 4.78 is 17.0. The smallest absolute Gasteiger partial charge is 0.165 e. The zero-order valence-corrected chi connectivity index (χ0v) is 19.3. The Hall–Kier alpha value is -2.64. The predicted molar refractivity (Wildman–Crippen MR) is 131 cm³/mol. The first-order valence-electron chi connectivity index (χ1n) is 11.7. The Morgan fingerprint density at radius 2 is 1.76 bits per heavy atom. The third kappa shape index (κ3) is 6.45. The van der Waals surface area contributed by atoms with Crippen LogP contribution in [0.5, 0.6) is 11.5 Å². The van der Waals surface area contributed by atoms with Crippen LogP contribution in [0.4, 0.5) is 0 Å². The Balaban J connectivity index is 1.32. The van der Waals surface area contributed by atoms with E-state index in [-0.39, 0.29) is 6.61 Å². The number of rotatable bonds is 11. The number of nitrogens with zero attached hydrogens (tertiary/aromatic N) is 1. The summed E-state index contributed by atoms with van der Waals surface area (Å²) in [6.07, 6.45) is 0.375. The van der Waals surface area contributed by atoms with Crippen molar-refractivity contribution in [1.82, 2.24) is 10.2 Å². The third-order valence-corrected chi connectivity index (χ3v) is 6.04. The van der Waals surface area contributed by atoms with E-state index < -0.39 is 6.10 Å². The van der Waals surface area contributed by atoms with Crippen molar-refractivity contribution >= 4 is 10.8 Å². The predicted octanol–water partition coefficient (Wildman–Crippen LogP) is 3.25. The van der Waals surface area contributed by atoms with Gasteiger partial charge in [-0.2, -0.15) is 0 Å². The Morgan fingerprint density at radius 3 is 2.61 bits per heavy atom. The van der Waals surface area contributed by atoms with Crippen LogP contribution in [0.1, 0.15) is 11.1 Å². The van der Waals surface area contributed by atoms with Crippen LogP contribution in [-0.4, -0.2) is 69.2 Å². The summed E-state index contributed by atoms with van der Waals surface area (Å²) in [5, 5.41) is 16.6. The lowest BCUT2D eigenvalue weighted by atomic mass is 10.0. The number of hydrogen-bond acceptors (Lipinski definition) is 6. The van der Waals surface area contributed by atoms with E-state index in [4.69, 9.17) is 14.2 Å². The topological polar surface area (TPSA) is 63.2 Å². The molecule has 3 aromatic carbocycles. The molecular formula is C27H34N2O4. The lowest BCUT2D eigenvalue weighted by Gasteiger charge is -2.28. The van der Waals surface area contributed by atoms with E-state index in [1.165, 1.54) is 16.3 Å². The van der Waals surface area contributed by atoms with Crippen molar-refractivity contribution in [3.8, 4) is 11.5 Å². The quantitative estimate of drug-likeness (QED) is 0.438. The maximum Gasteiger partial charge on any atom is 0.165 e. The normalized spacial score (nSPS) is 15.5. The summed E-state index contributed by atoms with van der Waals surface area (Å²) in [6, 6.07) is 20.9. The van der Waals surface area contributed by atoms with Gasteiger partial charge in [0.15, 0.2) is 11.5 Å². The number of methoxy groups -OCH3 is 1. The zero-order chi connectivity index (χ0) is 22.9. The van der Waals surface area contributed by atoms with Gasteiger partial charge < -0.3 is 24.6 Å². The van der Waals surface area contributed by atoms with Crippen LogP contribution in [0, 0.1) is 0 Å². The van der Waals surface area contributed by atoms with Crippen molar-refractivity contribution in [3.63, 3.8) is 0 Å². The molecule has 0 amide bonds. The SMILES string of the molecule is COc1cccc(CNCCc2cccc3ccccc23)c1OC[C@@H](O)CN1CCOCC1. The van der Waals surface area contributed by atoms with Crippen LogP contribution in [0.25, 0.3) is 10.8 Å². The summed E-state index contributed by atoms with van der Waals surface area (Å²) in [4.78, 5) is 2.20. The Labute approximate surface area is 196 Å². The number of ether oxygens (including phenoxy) is 3. The van der Waals surface area contributed by atoms with Gasteiger partial charge in [-0.3, -0.25) is 4.90 Å². The van der Waals surface area contributed by atoms with E-state index in [0.29, 0.717) is 37.8 Å². The van der Waals surface area contributed by atoms with Gasteiger partial charge in [0.1, 0.15) is 12.7 Å². The summed E-state index contributed by atoms with van der Waals surface area (Å²) >= 11 is 0. The Kier molecular flexibility index (Phi) is 8.55. The summed E-state index contributed by atoms with van der Waals surface area (Å²) in [5.41, 5.74) is 2.36. The average molecular weight is 451 g/mol. The Morgan fingerprint density at radius 1 is 1.00 bits per heavy atom. The maximum atomic E-state index is 10.5. The highest BCUT2D eigenvalue weighted by molar-refractivity contribution is 5.85. The number of aliphatic hydroxyl groups is 1. The number of fused-ring (bicyclic) bond motifs is 1. The minimum Gasteiger partial charge on any atom is -0.493 e. The molecule has 0 aromatic heterocycles. The first-order valence-corrected chi connectivity index (χ1v) is 11.7. The highest BCUT2D eigenvalue weighted by Crippen LogP contribution is 2.31. The molecule has 176 valence electrons. The molecule has 1 atom stereocenters. The van der Waals surface area contributed by atoms with Crippen molar-refractivity contribution in [2.24, 2.45) is 0 Å². The lowest BCUT2D eigenvalue weighted by molar-refractivity contribution is 0.00436. The molecule has 4 rings (SSSR count). The van der Waals surface area contributed by atoms with Crippen LogP contribution in [0.3, 0.4) is 0 Å². The molecule has 0 unspecified atom stereocenters. The first kappa shape index (κ1) is 23.5. The second-order valence-corrected chi connectivity index (χ2v) is 8.39. The molecule has 33 heavy (non-hydrogen) atoms. The summed E-state index contributed by atoms with van der Waals surface area (Å²) in [5.74, 6) is 1.38.